The number of fused-ring (bicyclic) bond motifs is 2. The Balaban J connectivity index is 1.59. The fraction of sp³-hybridized carbons (Fsp3) is 0.571. The van der Waals surface area contributed by atoms with Crippen LogP contribution in [0.25, 0.3) is 11.0 Å². The fourth-order valence-electron chi connectivity index (χ4n) is 4.05. The monoisotopic (exact) mass is 438 g/mol. The summed E-state index contributed by atoms with van der Waals surface area (Å²) < 4.78 is 22.8. The van der Waals surface area contributed by atoms with Crippen molar-refractivity contribution in [2.75, 3.05) is 6.61 Å². The predicted octanol–water partition coefficient (Wildman–Crippen LogP) is -0.294. The number of phenolic OH excluding ortho intramolecular Hbond substituents is 1. The van der Waals surface area contributed by atoms with Gasteiger partial charge in [-0.05, 0) is 20.8 Å². The summed E-state index contributed by atoms with van der Waals surface area (Å²) in [4.78, 5) is 12.3. The maximum atomic E-state index is 12.3. The van der Waals surface area contributed by atoms with E-state index in [1.165, 1.54) is 6.07 Å². The van der Waals surface area contributed by atoms with E-state index in [2.05, 4.69) is 0 Å². The van der Waals surface area contributed by atoms with Gasteiger partial charge >= 0.3 is 0 Å². The van der Waals surface area contributed by atoms with Gasteiger partial charge in [0.15, 0.2) is 11.7 Å². The molecule has 6 atom stereocenters. The lowest BCUT2D eigenvalue weighted by Crippen LogP contribution is -2.61. The molecular formula is C21H26O10. The molecule has 170 valence electrons. The average Bonchev–Trinajstić information content (AvgIpc) is 3.13. The smallest absolute Gasteiger partial charge is 0.196 e. The van der Waals surface area contributed by atoms with Gasteiger partial charge in [-0.2, -0.15) is 0 Å². The van der Waals surface area contributed by atoms with Crippen LogP contribution >= 0.6 is 0 Å². The molecule has 31 heavy (non-hydrogen) atoms. The Hall–Kier alpha value is -2.21. The molecule has 0 aliphatic carbocycles. The molecule has 0 bridgehead atoms. The van der Waals surface area contributed by atoms with Crippen LogP contribution in [-0.4, -0.2) is 74.6 Å². The van der Waals surface area contributed by atoms with Gasteiger partial charge in [0.05, 0.1) is 6.61 Å². The van der Waals surface area contributed by atoms with Crippen molar-refractivity contribution in [2.24, 2.45) is 0 Å². The first-order valence-corrected chi connectivity index (χ1v) is 9.97. The molecule has 1 aromatic carbocycles. The highest BCUT2D eigenvalue weighted by Gasteiger charge is 2.48. The minimum Gasteiger partial charge on any atom is -0.507 e. The molecule has 5 N–H and O–H groups in total. The van der Waals surface area contributed by atoms with E-state index in [0.29, 0.717) is 17.1 Å². The van der Waals surface area contributed by atoms with Gasteiger partial charge in [0.1, 0.15) is 64.3 Å². The largest absolute Gasteiger partial charge is 0.507 e. The number of phenols is 1. The molecule has 4 rings (SSSR count). The van der Waals surface area contributed by atoms with E-state index in [1.54, 1.807) is 26.8 Å². The number of hydrogen-bond donors (Lipinski definition) is 5. The van der Waals surface area contributed by atoms with Crippen molar-refractivity contribution in [3.63, 3.8) is 0 Å². The number of rotatable bonds is 4. The second-order valence-electron chi connectivity index (χ2n) is 8.53. The molecule has 2 aromatic rings. The molecular weight excluding hydrogens is 412 g/mol. The molecule has 1 fully saturated rings. The zero-order chi connectivity index (χ0) is 22.7. The maximum absolute atomic E-state index is 12.3. The number of aliphatic hydroxyl groups excluding tert-OH is 4. The molecule has 3 heterocycles. The molecule has 2 aliphatic rings. The summed E-state index contributed by atoms with van der Waals surface area (Å²) in [5.74, 6) is 0.527. The molecule has 1 aromatic heterocycles. The van der Waals surface area contributed by atoms with Gasteiger partial charge in [-0.15, -0.1) is 0 Å². The summed E-state index contributed by atoms with van der Waals surface area (Å²) >= 11 is 0. The molecule has 10 heteroatoms. The van der Waals surface area contributed by atoms with Crippen molar-refractivity contribution in [3.8, 4) is 11.5 Å². The fourth-order valence-corrected chi connectivity index (χ4v) is 4.05. The minimum atomic E-state index is -1.57. The Labute approximate surface area is 177 Å². The van der Waals surface area contributed by atoms with E-state index in [9.17, 15) is 30.3 Å². The summed E-state index contributed by atoms with van der Waals surface area (Å²) in [6.45, 7) is 4.41. The van der Waals surface area contributed by atoms with Crippen LogP contribution in [-0.2, 0) is 15.9 Å². The summed E-state index contributed by atoms with van der Waals surface area (Å²) in [6.07, 6.45) is -7.49. The molecule has 1 unspecified atom stereocenters. The molecule has 0 radical (unpaired) electrons. The number of aliphatic hydroxyl groups is 4. The minimum absolute atomic E-state index is 0.0706. The van der Waals surface area contributed by atoms with Crippen molar-refractivity contribution in [1.29, 1.82) is 0 Å². The molecule has 1 saturated heterocycles. The Morgan fingerprint density at radius 1 is 1.16 bits per heavy atom. The topological polar surface area (TPSA) is 159 Å². The zero-order valence-electron chi connectivity index (χ0n) is 17.3. The third-order valence-corrected chi connectivity index (χ3v) is 5.88. The zero-order valence-corrected chi connectivity index (χ0v) is 17.3. The van der Waals surface area contributed by atoms with Gasteiger partial charge in [-0.3, -0.25) is 4.79 Å². The number of aromatic hydroxyl groups is 1. The SMILES string of the molecule is Cc1cc(=O)c2c(O)c3c(cc2o1)OC(C(C)(C)O[C@@H]1O[C@H](CO)[C@@H](O)[C@H](O)[C@H]1O)C3. The van der Waals surface area contributed by atoms with Crippen LogP contribution in [0.4, 0.5) is 0 Å². The first-order valence-electron chi connectivity index (χ1n) is 9.97. The van der Waals surface area contributed by atoms with Crippen LogP contribution < -0.4 is 10.2 Å². The number of benzene rings is 1. The van der Waals surface area contributed by atoms with E-state index in [-0.39, 0.29) is 28.6 Å². The van der Waals surface area contributed by atoms with Gasteiger partial charge < -0.3 is 44.2 Å². The lowest BCUT2D eigenvalue weighted by Gasteiger charge is -2.43. The summed E-state index contributed by atoms with van der Waals surface area (Å²) in [7, 11) is 0. The van der Waals surface area contributed by atoms with Crippen molar-refractivity contribution in [2.45, 2.75) is 69.6 Å². The van der Waals surface area contributed by atoms with E-state index in [4.69, 9.17) is 18.6 Å². The highest BCUT2D eigenvalue weighted by molar-refractivity contribution is 5.87. The summed E-state index contributed by atoms with van der Waals surface area (Å²) in [6, 6.07) is 2.84. The van der Waals surface area contributed by atoms with E-state index < -0.39 is 49.0 Å². The average molecular weight is 438 g/mol. The molecule has 0 spiro atoms. The van der Waals surface area contributed by atoms with Crippen molar-refractivity contribution >= 4 is 11.0 Å². The van der Waals surface area contributed by atoms with Crippen LogP contribution in [0.3, 0.4) is 0 Å². The van der Waals surface area contributed by atoms with Gasteiger partial charge in [0.25, 0.3) is 0 Å². The number of hydrogen-bond acceptors (Lipinski definition) is 10. The summed E-state index contributed by atoms with van der Waals surface area (Å²) in [5, 5.41) is 50.3. The van der Waals surface area contributed by atoms with Gasteiger partial charge in [0, 0.05) is 24.1 Å². The van der Waals surface area contributed by atoms with E-state index >= 15 is 0 Å². The molecule has 0 saturated carbocycles. The quantitative estimate of drug-likeness (QED) is 0.429. The van der Waals surface area contributed by atoms with Crippen molar-refractivity contribution < 1.29 is 44.2 Å². The van der Waals surface area contributed by atoms with Crippen LogP contribution in [0.15, 0.2) is 21.3 Å². The van der Waals surface area contributed by atoms with Crippen LogP contribution in [0.2, 0.25) is 0 Å². The second-order valence-corrected chi connectivity index (χ2v) is 8.53. The van der Waals surface area contributed by atoms with Crippen LogP contribution in [0, 0.1) is 6.92 Å². The predicted molar refractivity (Wildman–Crippen MR) is 106 cm³/mol. The third-order valence-electron chi connectivity index (χ3n) is 5.88. The lowest BCUT2D eigenvalue weighted by atomic mass is 9.94. The molecule has 0 amide bonds. The van der Waals surface area contributed by atoms with Crippen LogP contribution in [0.5, 0.6) is 11.5 Å². The summed E-state index contributed by atoms with van der Waals surface area (Å²) in [5.41, 5.74) is -0.827. The van der Waals surface area contributed by atoms with Crippen molar-refractivity contribution in [3.05, 3.63) is 33.7 Å². The number of ether oxygens (including phenoxy) is 3. The van der Waals surface area contributed by atoms with E-state index in [0.717, 1.165) is 0 Å². The molecule has 2 aliphatic heterocycles. The second kappa shape index (κ2) is 7.73. The lowest BCUT2D eigenvalue weighted by molar-refractivity contribution is -0.329. The highest BCUT2D eigenvalue weighted by Crippen LogP contribution is 2.43. The van der Waals surface area contributed by atoms with E-state index in [1.807, 2.05) is 0 Å². The number of aryl methyl sites for hydroxylation is 1. The van der Waals surface area contributed by atoms with Gasteiger partial charge in [0.2, 0.25) is 0 Å². The standard InChI is InChI=1S/C21H26O10/c1-8-4-10(23)15-12(28-8)6-11-9(16(15)24)5-14(29-11)21(2,3)31-20-19(27)18(26)17(25)13(7-22)30-20/h4,6,13-14,17-20,22,24-27H,5,7H2,1-3H3/t13-,14?,17-,18+,19-,20+/m1/s1. The molecule has 10 nitrogen and oxygen atoms in total. The first-order chi connectivity index (χ1) is 14.5. The van der Waals surface area contributed by atoms with Crippen molar-refractivity contribution in [1.82, 2.24) is 0 Å². The van der Waals surface area contributed by atoms with Gasteiger partial charge in [-0.25, -0.2) is 0 Å². The maximum Gasteiger partial charge on any atom is 0.196 e. The highest BCUT2D eigenvalue weighted by atomic mass is 16.7. The Morgan fingerprint density at radius 2 is 1.87 bits per heavy atom. The van der Waals surface area contributed by atoms with Gasteiger partial charge in [-0.1, -0.05) is 0 Å². The Bertz CT molecular complexity index is 1040. The normalized spacial score (nSPS) is 30.9. The Morgan fingerprint density at radius 3 is 2.55 bits per heavy atom. The van der Waals surface area contributed by atoms with Crippen LogP contribution in [0.1, 0.15) is 25.2 Å². The third kappa shape index (κ3) is 3.69. The first kappa shape index (κ1) is 22.0. The Kier molecular flexibility index (Phi) is 5.49.